The lowest BCUT2D eigenvalue weighted by Gasteiger charge is -2.48. The average molecular weight is 275 g/mol. The first-order valence-corrected chi connectivity index (χ1v) is 6.66. The molecule has 1 aliphatic heterocycles. The van der Waals surface area contributed by atoms with Gasteiger partial charge in [0.05, 0.1) is 16.6 Å². The number of amides is 3. The molecule has 0 aliphatic carbocycles. The lowest BCUT2D eigenvalue weighted by atomic mass is 9.72. The molecular formula is C15H21N3O2. The van der Waals surface area contributed by atoms with Crippen LogP contribution in [0, 0.1) is 5.41 Å². The normalized spacial score (nSPS) is 20.8. The van der Waals surface area contributed by atoms with Crippen LogP contribution in [0.15, 0.2) is 24.3 Å². The molecule has 20 heavy (non-hydrogen) atoms. The van der Waals surface area contributed by atoms with Gasteiger partial charge in [-0.3, -0.25) is 4.79 Å². The summed E-state index contributed by atoms with van der Waals surface area (Å²) in [4.78, 5) is 26.1. The van der Waals surface area contributed by atoms with E-state index in [0.717, 1.165) is 5.56 Å². The van der Waals surface area contributed by atoms with Crippen LogP contribution in [0.1, 0.15) is 33.3 Å². The molecule has 2 rings (SSSR count). The first-order valence-electron chi connectivity index (χ1n) is 6.66. The molecule has 108 valence electrons. The molecule has 0 bridgehead atoms. The first-order chi connectivity index (χ1) is 9.20. The van der Waals surface area contributed by atoms with Crippen molar-refractivity contribution in [2.45, 2.75) is 39.8 Å². The van der Waals surface area contributed by atoms with Gasteiger partial charge in [-0.05, 0) is 45.4 Å². The number of carbonyl (C=O) groups is 2. The predicted octanol–water partition coefficient (Wildman–Crippen LogP) is 2.01. The highest BCUT2D eigenvalue weighted by atomic mass is 16.2. The molecule has 5 heteroatoms. The van der Waals surface area contributed by atoms with E-state index in [4.69, 9.17) is 5.73 Å². The molecule has 1 aromatic rings. The summed E-state index contributed by atoms with van der Waals surface area (Å²) in [6, 6.07) is 6.74. The van der Waals surface area contributed by atoms with E-state index in [9.17, 15) is 9.59 Å². The fourth-order valence-corrected chi connectivity index (χ4v) is 2.13. The molecule has 0 aromatic heterocycles. The van der Waals surface area contributed by atoms with E-state index >= 15 is 0 Å². The van der Waals surface area contributed by atoms with Gasteiger partial charge in [0, 0.05) is 6.54 Å². The SMILES string of the molecule is CC1(C)NC(=O)N(c2ccc(CN)cc2)C(=O)C1(C)C. The molecule has 0 radical (unpaired) electrons. The maximum absolute atomic E-state index is 12.7. The zero-order valence-electron chi connectivity index (χ0n) is 12.4. The van der Waals surface area contributed by atoms with E-state index in [0.29, 0.717) is 12.2 Å². The Morgan fingerprint density at radius 2 is 1.65 bits per heavy atom. The third kappa shape index (κ3) is 2.08. The summed E-state index contributed by atoms with van der Waals surface area (Å²) in [7, 11) is 0. The van der Waals surface area contributed by atoms with Crippen LogP contribution in [0.5, 0.6) is 0 Å². The van der Waals surface area contributed by atoms with E-state index in [1.54, 1.807) is 12.1 Å². The molecule has 5 nitrogen and oxygen atoms in total. The number of benzene rings is 1. The largest absolute Gasteiger partial charge is 0.331 e. The van der Waals surface area contributed by atoms with Crippen molar-refractivity contribution in [2.75, 3.05) is 4.90 Å². The minimum absolute atomic E-state index is 0.202. The number of anilines is 1. The Hall–Kier alpha value is -1.88. The zero-order chi connectivity index (χ0) is 15.1. The molecule has 0 saturated carbocycles. The Kier molecular flexibility index (Phi) is 3.34. The smallest absolute Gasteiger partial charge is 0.329 e. The van der Waals surface area contributed by atoms with Crippen molar-refractivity contribution in [3.05, 3.63) is 29.8 Å². The fourth-order valence-electron chi connectivity index (χ4n) is 2.13. The van der Waals surface area contributed by atoms with Gasteiger partial charge in [0.15, 0.2) is 0 Å². The number of hydrogen-bond donors (Lipinski definition) is 2. The second-order valence-corrected chi connectivity index (χ2v) is 6.19. The van der Waals surface area contributed by atoms with E-state index in [1.165, 1.54) is 4.90 Å². The van der Waals surface area contributed by atoms with Crippen molar-refractivity contribution in [2.24, 2.45) is 11.1 Å². The molecule has 1 aromatic carbocycles. The van der Waals surface area contributed by atoms with Gasteiger partial charge < -0.3 is 11.1 Å². The van der Waals surface area contributed by atoms with E-state index in [1.807, 2.05) is 39.8 Å². The second-order valence-electron chi connectivity index (χ2n) is 6.19. The summed E-state index contributed by atoms with van der Waals surface area (Å²) in [5.74, 6) is -0.202. The van der Waals surface area contributed by atoms with E-state index in [2.05, 4.69) is 5.32 Å². The number of nitrogens with two attached hydrogens (primary N) is 1. The van der Waals surface area contributed by atoms with Crippen LogP contribution >= 0.6 is 0 Å². The minimum Gasteiger partial charge on any atom is -0.331 e. The van der Waals surface area contributed by atoms with Gasteiger partial charge >= 0.3 is 6.03 Å². The number of nitrogens with one attached hydrogen (secondary N) is 1. The molecule has 0 spiro atoms. The lowest BCUT2D eigenvalue weighted by molar-refractivity contribution is -0.130. The molecule has 1 fully saturated rings. The van der Waals surface area contributed by atoms with Crippen molar-refractivity contribution >= 4 is 17.6 Å². The minimum atomic E-state index is -0.687. The second kappa shape index (κ2) is 4.59. The van der Waals surface area contributed by atoms with Gasteiger partial charge in [-0.2, -0.15) is 0 Å². The van der Waals surface area contributed by atoms with Crippen LogP contribution in [0.2, 0.25) is 0 Å². The Morgan fingerprint density at radius 3 is 2.15 bits per heavy atom. The highest BCUT2D eigenvalue weighted by Crippen LogP contribution is 2.37. The van der Waals surface area contributed by atoms with E-state index in [-0.39, 0.29) is 11.9 Å². The maximum atomic E-state index is 12.7. The third-order valence-corrected chi connectivity index (χ3v) is 4.35. The van der Waals surface area contributed by atoms with Crippen molar-refractivity contribution in [3.63, 3.8) is 0 Å². The van der Waals surface area contributed by atoms with Crippen molar-refractivity contribution in [1.29, 1.82) is 0 Å². The summed E-state index contributed by atoms with van der Waals surface area (Å²) in [6.07, 6.45) is 0. The summed E-state index contributed by atoms with van der Waals surface area (Å²) >= 11 is 0. The van der Waals surface area contributed by atoms with Gasteiger partial charge in [0.25, 0.3) is 0 Å². The van der Waals surface area contributed by atoms with Crippen LogP contribution < -0.4 is 16.0 Å². The monoisotopic (exact) mass is 275 g/mol. The Balaban J connectivity index is 2.41. The number of urea groups is 1. The van der Waals surface area contributed by atoms with Gasteiger partial charge in [0.1, 0.15) is 0 Å². The summed E-state index contributed by atoms with van der Waals surface area (Å²) in [5, 5.41) is 2.89. The van der Waals surface area contributed by atoms with Crippen LogP contribution in [0.4, 0.5) is 10.5 Å². The number of rotatable bonds is 2. The first kappa shape index (κ1) is 14.5. The summed E-state index contributed by atoms with van der Waals surface area (Å²) in [6.45, 7) is 7.83. The fraction of sp³-hybridized carbons (Fsp3) is 0.467. The molecule has 1 saturated heterocycles. The Labute approximate surface area is 119 Å². The number of imide groups is 1. The van der Waals surface area contributed by atoms with Crippen molar-refractivity contribution in [1.82, 2.24) is 5.32 Å². The van der Waals surface area contributed by atoms with Gasteiger partial charge in [-0.15, -0.1) is 0 Å². The maximum Gasteiger partial charge on any atom is 0.329 e. The van der Waals surface area contributed by atoms with Crippen LogP contribution in [-0.2, 0) is 11.3 Å². The van der Waals surface area contributed by atoms with Gasteiger partial charge in [0.2, 0.25) is 5.91 Å². The lowest BCUT2D eigenvalue weighted by Crippen LogP contribution is -2.69. The number of nitrogens with zero attached hydrogens (tertiary/aromatic N) is 1. The molecular weight excluding hydrogens is 254 g/mol. The van der Waals surface area contributed by atoms with Crippen molar-refractivity contribution in [3.8, 4) is 0 Å². The third-order valence-electron chi connectivity index (χ3n) is 4.35. The Morgan fingerprint density at radius 1 is 1.10 bits per heavy atom. The molecule has 1 aliphatic rings. The zero-order valence-corrected chi connectivity index (χ0v) is 12.4. The van der Waals surface area contributed by atoms with Crippen molar-refractivity contribution < 1.29 is 9.59 Å². The highest BCUT2D eigenvalue weighted by Gasteiger charge is 2.52. The van der Waals surface area contributed by atoms with Crippen LogP contribution in [0.3, 0.4) is 0 Å². The highest BCUT2D eigenvalue weighted by molar-refractivity contribution is 6.18. The van der Waals surface area contributed by atoms with Gasteiger partial charge in [-0.25, -0.2) is 9.69 Å². The molecule has 3 amide bonds. The molecule has 0 atom stereocenters. The molecule has 0 unspecified atom stereocenters. The van der Waals surface area contributed by atoms with E-state index < -0.39 is 11.0 Å². The molecule has 3 N–H and O–H groups in total. The standard InChI is InChI=1S/C15H21N3O2/c1-14(2)12(19)18(13(20)17-15(14,3)4)11-7-5-10(9-16)6-8-11/h5-8H,9,16H2,1-4H3,(H,17,20). The summed E-state index contributed by atoms with van der Waals surface area (Å²) < 4.78 is 0. The number of carbonyl (C=O) groups excluding carboxylic acids is 2. The van der Waals surface area contributed by atoms with Gasteiger partial charge in [-0.1, -0.05) is 12.1 Å². The van der Waals surface area contributed by atoms with Crippen LogP contribution in [-0.4, -0.2) is 17.5 Å². The predicted molar refractivity (Wildman–Crippen MR) is 78.2 cm³/mol. The number of hydrogen-bond acceptors (Lipinski definition) is 3. The summed E-state index contributed by atoms with van der Waals surface area (Å²) in [5.41, 5.74) is 5.80. The van der Waals surface area contributed by atoms with Crippen LogP contribution in [0.25, 0.3) is 0 Å². The molecule has 1 heterocycles. The topological polar surface area (TPSA) is 75.4 Å². The average Bonchev–Trinajstić information content (AvgIpc) is 2.37. The Bertz CT molecular complexity index is 547. The quantitative estimate of drug-likeness (QED) is 0.867.